The number of rotatable bonds is 6. The molecule has 0 saturated carbocycles. The Kier molecular flexibility index (Phi) is 5.48. The van der Waals surface area contributed by atoms with Crippen molar-refractivity contribution >= 4 is 23.3 Å². The van der Waals surface area contributed by atoms with E-state index in [0.717, 1.165) is 17.7 Å². The van der Waals surface area contributed by atoms with E-state index in [0.29, 0.717) is 18.0 Å². The molecule has 0 fully saturated rings. The summed E-state index contributed by atoms with van der Waals surface area (Å²) >= 11 is 6.11. The number of nitrogens with zero attached hydrogens (tertiary/aromatic N) is 1. The summed E-state index contributed by atoms with van der Waals surface area (Å²) in [5.41, 5.74) is 1.85. The third-order valence-corrected chi connectivity index (χ3v) is 3.47. The fourth-order valence-electron chi connectivity index (χ4n) is 2.12. The van der Waals surface area contributed by atoms with Gasteiger partial charge in [0.1, 0.15) is 6.04 Å². The van der Waals surface area contributed by atoms with Gasteiger partial charge < -0.3 is 10.0 Å². The molecule has 1 aromatic carbocycles. The number of halogens is 1. The van der Waals surface area contributed by atoms with Crippen LogP contribution >= 0.6 is 11.6 Å². The quantitative estimate of drug-likeness (QED) is 0.855. The third-order valence-electron chi connectivity index (χ3n) is 3.06. The van der Waals surface area contributed by atoms with Gasteiger partial charge in [-0.15, -0.1) is 0 Å². The molecule has 1 rings (SSSR count). The Morgan fingerprint density at radius 1 is 1.44 bits per heavy atom. The minimum absolute atomic E-state index is 0.498. The lowest BCUT2D eigenvalue weighted by Crippen LogP contribution is -2.41. The highest BCUT2D eigenvalue weighted by Gasteiger charge is 2.24. The summed E-state index contributed by atoms with van der Waals surface area (Å²) in [7, 11) is 0. The molecule has 0 spiro atoms. The largest absolute Gasteiger partial charge is 0.480 e. The average molecular weight is 270 g/mol. The summed E-state index contributed by atoms with van der Waals surface area (Å²) in [6.07, 6.45) is 1.47. The van der Waals surface area contributed by atoms with Crippen LogP contribution in [0.4, 0.5) is 5.69 Å². The Morgan fingerprint density at radius 2 is 2.11 bits per heavy atom. The number of aliphatic carboxylic acids is 1. The highest BCUT2D eigenvalue weighted by atomic mass is 35.5. The van der Waals surface area contributed by atoms with Crippen molar-refractivity contribution in [1.82, 2.24) is 0 Å². The van der Waals surface area contributed by atoms with Crippen LogP contribution in [0.3, 0.4) is 0 Å². The molecule has 3 nitrogen and oxygen atoms in total. The number of hydrogen-bond donors (Lipinski definition) is 1. The van der Waals surface area contributed by atoms with Crippen LogP contribution in [0.25, 0.3) is 0 Å². The number of anilines is 1. The van der Waals surface area contributed by atoms with Gasteiger partial charge in [0.15, 0.2) is 0 Å². The Morgan fingerprint density at radius 3 is 2.61 bits per heavy atom. The Labute approximate surface area is 113 Å². The molecule has 0 radical (unpaired) electrons. The zero-order chi connectivity index (χ0) is 13.7. The SMILES string of the molecule is CCCN(c1cccc(Cl)c1C)[C@H](CC)C(=O)O. The van der Waals surface area contributed by atoms with Crippen LogP contribution < -0.4 is 4.90 Å². The summed E-state index contributed by atoms with van der Waals surface area (Å²) in [6.45, 7) is 6.57. The molecule has 18 heavy (non-hydrogen) atoms. The maximum absolute atomic E-state index is 11.3. The van der Waals surface area contributed by atoms with E-state index >= 15 is 0 Å². The van der Waals surface area contributed by atoms with Crippen molar-refractivity contribution in [1.29, 1.82) is 0 Å². The third kappa shape index (κ3) is 3.16. The first kappa shape index (κ1) is 14.8. The first-order valence-corrected chi connectivity index (χ1v) is 6.65. The predicted molar refractivity (Wildman–Crippen MR) is 75.5 cm³/mol. The molecule has 0 aliphatic rings. The van der Waals surface area contributed by atoms with Crippen molar-refractivity contribution in [3.8, 4) is 0 Å². The van der Waals surface area contributed by atoms with Gasteiger partial charge >= 0.3 is 5.97 Å². The minimum Gasteiger partial charge on any atom is -0.480 e. The zero-order valence-electron chi connectivity index (χ0n) is 11.1. The van der Waals surface area contributed by atoms with Gasteiger partial charge in [-0.25, -0.2) is 4.79 Å². The Balaban J connectivity index is 3.18. The molecule has 1 atom stereocenters. The van der Waals surface area contributed by atoms with Gasteiger partial charge in [0, 0.05) is 17.3 Å². The second-order valence-corrected chi connectivity index (χ2v) is 4.75. The molecule has 0 bridgehead atoms. The molecule has 1 N–H and O–H groups in total. The monoisotopic (exact) mass is 269 g/mol. The van der Waals surface area contributed by atoms with Crippen LogP contribution in [-0.4, -0.2) is 23.7 Å². The van der Waals surface area contributed by atoms with Gasteiger partial charge in [-0.05, 0) is 37.5 Å². The number of carbonyl (C=O) groups is 1. The summed E-state index contributed by atoms with van der Waals surface area (Å²) in [5, 5.41) is 9.99. The van der Waals surface area contributed by atoms with E-state index < -0.39 is 12.0 Å². The number of carboxylic acid groups (broad SMARTS) is 1. The van der Waals surface area contributed by atoms with Crippen LogP contribution in [0.2, 0.25) is 5.02 Å². The van der Waals surface area contributed by atoms with E-state index in [1.165, 1.54) is 0 Å². The van der Waals surface area contributed by atoms with Gasteiger partial charge in [-0.3, -0.25) is 0 Å². The van der Waals surface area contributed by atoms with Crippen LogP contribution in [0.1, 0.15) is 32.3 Å². The van der Waals surface area contributed by atoms with Crippen LogP contribution in [0, 0.1) is 6.92 Å². The lowest BCUT2D eigenvalue weighted by Gasteiger charge is -2.31. The summed E-state index contributed by atoms with van der Waals surface area (Å²) in [4.78, 5) is 13.3. The van der Waals surface area contributed by atoms with Crippen molar-refractivity contribution < 1.29 is 9.90 Å². The fraction of sp³-hybridized carbons (Fsp3) is 0.500. The molecule has 4 heteroatoms. The Hall–Kier alpha value is -1.22. The molecule has 0 saturated heterocycles. The highest BCUT2D eigenvalue weighted by Crippen LogP contribution is 2.28. The maximum Gasteiger partial charge on any atom is 0.326 e. The van der Waals surface area contributed by atoms with Gasteiger partial charge in [-0.2, -0.15) is 0 Å². The normalized spacial score (nSPS) is 12.2. The second kappa shape index (κ2) is 6.64. The average Bonchev–Trinajstić information content (AvgIpc) is 2.32. The van der Waals surface area contributed by atoms with Crippen LogP contribution in [0.5, 0.6) is 0 Å². The Bertz CT molecular complexity index is 420. The summed E-state index contributed by atoms with van der Waals surface area (Å²) < 4.78 is 0. The topological polar surface area (TPSA) is 40.5 Å². The molecule has 0 amide bonds. The lowest BCUT2D eigenvalue weighted by atomic mass is 10.1. The number of hydrogen-bond acceptors (Lipinski definition) is 2. The standard InChI is InChI=1S/C14H20ClNO2/c1-4-9-16(12(5-2)14(17)18)13-8-6-7-11(15)10(13)3/h6-8,12H,4-5,9H2,1-3H3,(H,17,18)/t12-/m1/s1. The van der Waals surface area contributed by atoms with Crippen LogP contribution in [-0.2, 0) is 4.79 Å². The summed E-state index contributed by atoms with van der Waals surface area (Å²) in [6, 6.07) is 5.12. The maximum atomic E-state index is 11.3. The molecular formula is C14H20ClNO2. The first-order chi connectivity index (χ1) is 8.52. The highest BCUT2D eigenvalue weighted by molar-refractivity contribution is 6.31. The van der Waals surface area contributed by atoms with Crippen molar-refractivity contribution in [3.05, 3.63) is 28.8 Å². The molecule has 0 aromatic heterocycles. The molecule has 100 valence electrons. The zero-order valence-corrected chi connectivity index (χ0v) is 11.9. The molecule has 0 aliphatic heterocycles. The van der Waals surface area contributed by atoms with E-state index in [4.69, 9.17) is 11.6 Å². The first-order valence-electron chi connectivity index (χ1n) is 6.27. The van der Waals surface area contributed by atoms with E-state index in [1.54, 1.807) is 0 Å². The van der Waals surface area contributed by atoms with Gasteiger partial charge in [0.05, 0.1) is 0 Å². The van der Waals surface area contributed by atoms with Gasteiger partial charge in [-0.1, -0.05) is 31.5 Å². The van der Waals surface area contributed by atoms with E-state index in [9.17, 15) is 9.90 Å². The van der Waals surface area contributed by atoms with Crippen molar-refractivity contribution in [2.75, 3.05) is 11.4 Å². The second-order valence-electron chi connectivity index (χ2n) is 4.34. The molecule has 0 aliphatic carbocycles. The smallest absolute Gasteiger partial charge is 0.326 e. The predicted octanol–water partition coefficient (Wildman–Crippen LogP) is 3.73. The number of benzene rings is 1. The minimum atomic E-state index is -0.787. The molecule has 0 unspecified atom stereocenters. The molecular weight excluding hydrogens is 250 g/mol. The lowest BCUT2D eigenvalue weighted by molar-refractivity contribution is -0.138. The number of carboxylic acids is 1. The van der Waals surface area contributed by atoms with Gasteiger partial charge in [0.2, 0.25) is 0 Å². The van der Waals surface area contributed by atoms with Crippen molar-refractivity contribution in [2.45, 2.75) is 39.7 Å². The van der Waals surface area contributed by atoms with E-state index in [2.05, 4.69) is 0 Å². The van der Waals surface area contributed by atoms with E-state index in [1.807, 2.05) is 43.9 Å². The summed E-state index contributed by atoms with van der Waals surface area (Å²) in [5.74, 6) is -0.787. The van der Waals surface area contributed by atoms with E-state index in [-0.39, 0.29) is 0 Å². The van der Waals surface area contributed by atoms with Crippen LogP contribution in [0.15, 0.2) is 18.2 Å². The molecule has 0 heterocycles. The van der Waals surface area contributed by atoms with Crippen molar-refractivity contribution in [2.24, 2.45) is 0 Å². The fourth-order valence-corrected chi connectivity index (χ4v) is 2.29. The molecule has 1 aromatic rings. The van der Waals surface area contributed by atoms with Gasteiger partial charge in [0.25, 0.3) is 0 Å². The van der Waals surface area contributed by atoms with Crippen molar-refractivity contribution in [3.63, 3.8) is 0 Å².